The topological polar surface area (TPSA) is 108 Å². The first-order valence-corrected chi connectivity index (χ1v) is 7.26. The van der Waals surface area contributed by atoms with E-state index in [2.05, 4.69) is 35.2 Å². The molecule has 0 fully saturated rings. The van der Waals surface area contributed by atoms with Crippen molar-refractivity contribution in [2.24, 2.45) is 0 Å². The molecule has 1 aromatic carbocycles. The quantitative estimate of drug-likeness (QED) is 0.509. The van der Waals surface area contributed by atoms with E-state index < -0.39 is 5.82 Å². The number of halogens is 1. The summed E-state index contributed by atoms with van der Waals surface area (Å²) in [6, 6.07) is 3.37. The zero-order valence-electron chi connectivity index (χ0n) is 14.2. The van der Waals surface area contributed by atoms with Crippen LogP contribution in [0.15, 0.2) is 36.2 Å². The van der Waals surface area contributed by atoms with E-state index in [0.29, 0.717) is 5.82 Å². The van der Waals surface area contributed by atoms with E-state index in [1.54, 1.807) is 7.05 Å². The number of hydrogen-bond donors (Lipinski definition) is 4. The fourth-order valence-electron chi connectivity index (χ4n) is 1.70. The molecule has 6 nitrogen and oxygen atoms in total. The van der Waals surface area contributed by atoms with E-state index in [-0.39, 0.29) is 28.4 Å². The molecule has 7 heteroatoms. The van der Waals surface area contributed by atoms with Crippen LogP contribution in [0.25, 0.3) is 0 Å². The molecule has 1 heterocycles. The van der Waals surface area contributed by atoms with Gasteiger partial charge in [-0.2, -0.15) is 0 Å². The SMILES string of the molecule is CC=C(C)C.CNc1ncnc(N)c1C(=N)c1cc(O)cc(F)c1. The number of anilines is 2. The van der Waals surface area contributed by atoms with E-state index in [1.807, 2.05) is 6.92 Å². The molecule has 0 aliphatic rings. The first-order chi connectivity index (χ1) is 11.3. The van der Waals surface area contributed by atoms with E-state index in [1.165, 1.54) is 18.0 Å². The number of aromatic hydroxyl groups is 1. The highest BCUT2D eigenvalue weighted by Gasteiger charge is 2.16. The van der Waals surface area contributed by atoms with Crippen molar-refractivity contribution in [1.29, 1.82) is 5.41 Å². The zero-order chi connectivity index (χ0) is 18.3. The summed E-state index contributed by atoms with van der Waals surface area (Å²) >= 11 is 0. The maximum atomic E-state index is 13.3. The average molecular weight is 331 g/mol. The number of phenolic OH excluding ortho intramolecular Hbond substituents is 1. The number of hydrogen-bond acceptors (Lipinski definition) is 6. The third kappa shape index (κ3) is 5.05. The molecule has 0 atom stereocenters. The highest BCUT2D eigenvalue weighted by Crippen LogP contribution is 2.23. The Bertz CT molecular complexity index is 734. The number of phenols is 1. The van der Waals surface area contributed by atoms with Gasteiger partial charge in [-0.25, -0.2) is 14.4 Å². The lowest BCUT2D eigenvalue weighted by atomic mass is 10.0. The Labute approximate surface area is 140 Å². The molecule has 0 saturated carbocycles. The number of nitrogen functional groups attached to an aromatic ring is 1. The minimum Gasteiger partial charge on any atom is -0.508 e. The van der Waals surface area contributed by atoms with Crippen LogP contribution < -0.4 is 11.1 Å². The summed E-state index contributed by atoms with van der Waals surface area (Å²) in [7, 11) is 1.63. The van der Waals surface area contributed by atoms with Crippen LogP contribution in [0, 0.1) is 11.2 Å². The number of aromatic nitrogens is 2. The van der Waals surface area contributed by atoms with Crippen LogP contribution in [0.5, 0.6) is 5.75 Å². The average Bonchev–Trinajstić information content (AvgIpc) is 2.53. The van der Waals surface area contributed by atoms with Crippen molar-refractivity contribution in [2.45, 2.75) is 20.8 Å². The van der Waals surface area contributed by atoms with Crippen LogP contribution in [0.3, 0.4) is 0 Å². The monoisotopic (exact) mass is 331 g/mol. The lowest BCUT2D eigenvalue weighted by Gasteiger charge is -2.11. The molecular weight excluding hydrogens is 309 g/mol. The molecule has 0 amide bonds. The van der Waals surface area contributed by atoms with E-state index >= 15 is 0 Å². The predicted octanol–water partition coefficient (Wildman–Crippen LogP) is 3.33. The van der Waals surface area contributed by atoms with Gasteiger partial charge in [0, 0.05) is 18.7 Å². The van der Waals surface area contributed by atoms with Crippen LogP contribution >= 0.6 is 0 Å². The molecule has 24 heavy (non-hydrogen) atoms. The second kappa shape index (κ2) is 8.61. The Morgan fingerprint density at radius 1 is 1.29 bits per heavy atom. The number of nitrogens with one attached hydrogen (secondary N) is 2. The molecule has 0 aliphatic heterocycles. The van der Waals surface area contributed by atoms with Crippen molar-refractivity contribution >= 4 is 17.3 Å². The van der Waals surface area contributed by atoms with Gasteiger partial charge in [0.15, 0.2) is 0 Å². The number of nitrogens with zero attached hydrogens (tertiary/aromatic N) is 2. The minimum atomic E-state index is -0.638. The van der Waals surface area contributed by atoms with Crippen molar-refractivity contribution in [1.82, 2.24) is 9.97 Å². The van der Waals surface area contributed by atoms with E-state index in [0.717, 1.165) is 12.1 Å². The molecule has 2 aromatic rings. The second-order valence-corrected chi connectivity index (χ2v) is 5.17. The van der Waals surface area contributed by atoms with Gasteiger partial charge >= 0.3 is 0 Å². The van der Waals surface area contributed by atoms with Crippen molar-refractivity contribution in [3.8, 4) is 5.75 Å². The Morgan fingerprint density at radius 3 is 2.42 bits per heavy atom. The summed E-state index contributed by atoms with van der Waals surface area (Å²) in [5.41, 5.74) is 7.48. The summed E-state index contributed by atoms with van der Waals surface area (Å²) in [6.45, 7) is 6.20. The summed E-state index contributed by atoms with van der Waals surface area (Å²) < 4.78 is 13.3. The summed E-state index contributed by atoms with van der Waals surface area (Å²) in [6.07, 6.45) is 3.35. The van der Waals surface area contributed by atoms with Crippen LogP contribution in [-0.2, 0) is 0 Å². The standard InChI is InChI=1S/C12H12FN5O.C5H10/c1-16-12-9(11(15)17-5-18-12)10(14)6-2-7(13)4-8(19)3-6;1-4-5(2)3/h2-5,14,19H,1H3,(H3,15,16,17,18);4H,1-3H3. The molecule has 0 unspecified atom stereocenters. The fraction of sp³-hybridized carbons (Fsp3) is 0.235. The Kier molecular flexibility index (Phi) is 6.85. The van der Waals surface area contributed by atoms with Gasteiger partial charge in [0.05, 0.1) is 11.3 Å². The summed E-state index contributed by atoms with van der Waals surface area (Å²) in [5.74, 6) is -0.434. The minimum absolute atomic E-state index is 0.0720. The van der Waals surface area contributed by atoms with Gasteiger partial charge < -0.3 is 16.2 Å². The molecule has 0 bridgehead atoms. The van der Waals surface area contributed by atoms with E-state index in [4.69, 9.17) is 11.1 Å². The maximum Gasteiger partial charge on any atom is 0.140 e. The van der Waals surface area contributed by atoms with Crippen molar-refractivity contribution < 1.29 is 9.50 Å². The Morgan fingerprint density at radius 2 is 1.92 bits per heavy atom. The Balaban J connectivity index is 0.000000505. The van der Waals surface area contributed by atoms with Gasteiger partial charge in [-0.3, -0.25) is 5.41 Å². The molecule has 5 N–H and O–H groups in total. The molecular formula is C17H22FN5O. The van der Waals surface area contributed by atoms with Gasteiger partial charge in [-0.1, -0.05) is 11.6 Å². The molecule has 0 radical (unpaired) electrons. The number of nitrogens with two attached hydrogens (primary N) is 1. The predicted molar refractivity (Wildman–Crippen MR) is 95.1 cm³/mol. The summed E-state index contributed by atoms with van der Waals surface area (Å²) in [5, 5.41) is 20.2. The molecule has 2 rings (SSSR count). The van der Waals surface area contributed by atoms with Gasteiger partial charge in [-0.05, 0) is 32.9 Å². The molecule has 0 spiro atoms. The lowest BCUT2D eigenvalue weighted by molar-refractivity contribution is 0.469. The number of allylic oxidation sites excluding steroid dienone is 2. The van der Waals surface area contributed by atoms with Gasteiger partial charge in [0.25, 0.3) is 0 Å². The number of rotatable bonds is 3. The van der Waals surface area contributed by atoms with Crippen LogP contribution in [0.4, 0.5) is 16.0 Å². The highest BCUT2D eigenvalue weighted by molar-refractivity contribution is 6.16. The van der Waals surface area contributed by atoms with Gasteiger partial charge in [0.1, 0.15) is 29.5 Å². The molecule has 0 saturated heterocycles. The largest absolute Gasteiger partial charge is 0.508 e. The normalized spacial score (nSPS) is 9.54. The molecule has 128 valence electrons. The fourth-order valence-corrected chi connectivity index (χ4v) is 1.70. The van der Waals surface area contributed by atoms with Crippen molar-refractivity contribution in [3.63, 3.8) is 0 Å². The van der Waals surface area contributed by atoms with Gasteiger partial charge in [-0.15, -0.1) is 0 Å². The van der Waals surface area contributed by atoms with Crippen molar-refractivity contribution in [3.05, 3.63) is 53.1 Å². The smallest absolute Gasteiger partial charge is 0.140 e. The lowest BCUT2D eigenvalue weighted by Crippen LogP contribution is -2.12. The molecule has 0 aliphatic carbocycles. The van der Waals surface area contributed by atoms with E-state index in [9.17, 15) is 9.50 Å². The van der Waals surface area contributed by atoms with Crippen LogP contribution in [0.1, 0.15) is 31.9 Å². The van der Waals surface area contributed by atoms with Gasteiger partial charge in [0.2, 0.25) is 0 Å². The second-order valence-electron chi connectivity index (χ2n) is 5.17. The maximum absolute atomic E-state index is 13.3. The summed E-state index contributed by atoms with van der Waals surface area (Å²) in [4.78, 5) is 7.76. The third-order valence-electron chi connectivity index (χ3n) is 3.11. The first kappa shape index (κ1) is 19.1. The van der Waals surface area contributed by atoms with Crippen LogP contribution in [-0.4, -0.2) is 27.8 Å². The third-order valence-corrected chi connectivity index (χ3v) is 3.11. The highest BCUT2D eigenvalue weighted by atomic mass is 19.1. The Hall–Kier alpha value is -2.96. The van der Waals surface area contributed by atoms with Crippen molar-refractivity contribution in [2.75, 3.05) is 18.1 Å². The first-order valence-electron chi connectivity index (χ1n) is 7.26. The number of benzene rings is 1. The zero-order valence-corrected chi connectivity index (χ0v) is 14.2. The molecule has 1 aromatic heterocycles. The van der Waals surface area contributed by atoms with Crippen LogP contribution in [0.2, 0.25) is 0 Å².